The van der Waals surface area contributed by atoms with Gasteiger partial charge in [-0.25, -0.2) is 0 Å². The maximum atomic E-state index is 12.8. The Morgan fingerprint density at radius 1 is 1.15 bits per heavy atom. The summed E-state index contributed by atoms with van der Waals surface area (Å²) in [6, 6.07) is 1.84. The van der Waals surface area contributed by atoms with Crippen LogP contribution in [0.4, 0.5) is 0 Å². The predicted molar refractivity (Wildman–Crippen MR) is 103 cm³/mol. The minimum Gasteiger partial charge on any atom is -0.337 e. The number of rotatable bonds is 4. The Labute approximate surface area is 157 Å². The maximum absolute atomic E-state index is 12.8. The molecule has 1 atom stereocenters. The van der Waals surface area contributed by atoms with Gasteiger partial charge in [0.1, 0.15) is 5.69 Å². The lowest BCUT2D eigenvalue weighted by atomic mass is 9.79. The topological polar surface area (TPSA) is 41.4 Å². The van der Waals surface area contributed by atoms with E-state index in [9.17, 15) is 4.79 Å². The molecule has 0 N–H and O–H groups in total. The Bertz CT molecular complexity index is 621. The average Bonchev–Trinajstić information content (AvgIpc) is 3.27. The van der Waals surface area contributed by atoms with Crippen molar-refractivity contribution in [2.45, 2.75) is 57.8 Å². The number of piperidine rings is 1. The average molecular weight is 359 g/mol. The molecule has 1 amide bonds. The third kappa shape index (κ3) is 3.83. The van der Waals surface area contributed by atoms with Crippen molar-refractivity contribution in [3.63, 3.8) is 0 Å². The zero-order chi connectivity index (χ0) is 18.0. The number of aryl methyl sites for hydroxylation is 1. The van der Waals surface area contributed by atoms with Gasteiger partial charge in [-0.2, -0.15) is 5.10 Å². The molecule has 3 fully saturated rings. The monoisotopic (exact) mass is 358 g/mol. The van der Waals surface area contributed by atoms with Crippen molar-refractivity contribution >= 4 is 5.91 Å². The number of aromatic nitrogens is 2. The van der Waals surface area contributed by atoms with Crippen molar-refractivity contribution in [3.8, 4) is 0 Å². The van der Waals surface area contributed by atoms with Gasteiger partial charge in [0.25, 0.3) is 5.91 Å². The number of amides is 1. The molecule has 5 heteroatoms. The molecule has 0 aromatic carbocycles. The first kappa shape index (κ1) is 18.0. The van der Waals surface area contributed by atoms with E-state index in [0.29, 0.717) is 11.1 Å². The van der Waals surface area contributed by atoms with Gasteiger partial charge in [-0.3, -0.25) is 9.48 Å². The van der Waals surface area contributed by atoms with Crippen LogP contribution in [-0.4, -0.2) is 58.2 Å². The van der Waals surface area contributed by atoms with Gasteiger partial charge in [0.05, 0.1) is 0 Å². The summed E-state index contributed by atoms with van der Waals surface area (Å²) < 4.78 is 1.70. The molecular formula is C21H34N4O. The summed E-state index contributed by atoms with van der Waals surface area (Å²) in [5, 5.41) is 4.15. The molecule has 2 aliphatic heterocycles. The highest BCUT2D eigenvalue weighted by molar-refractivity contribution is 5.92. The molecule has 1 aromatic heterocycles. The Balaban J connectivity index is 1.32. The van der Waals surface area contributed by atoms with Crippen LogP contribution in [0.5, 0.6) is 0 Å². The smallest absolute Gasteiger partial charge is 0.272 e. The summed E-state index contributed by atoms with van der Waals surface area (Å²) in [5.41, 5.74) is 1.05. The molecule has 26 heavy (non-hydrogen) atoms. The Morgan fingerprint density at radius 2 is 2.00 bits per heavy atom. The van der Waals surface area contributed by atoms with Gasteiger partial charge in [0.15, 0.2) is 0 Å². The molecule has 1 spiro atoms. The lowest BCUT2D eigenvalue weighted by Gasteiger charge is -2.41. The van der Waals surface area contributed by atoms with Crippen LogP contribution in [0, 0.1) is 11.3 Å². The number of nitrogens with zero attached hydrogens (tertiary/aromatic N) is 4. The van der Waals surface area contributed by atoms with Crippen LogP contribution in [0.1, 0.15) is 68.3 Å². The Morgan fingerprint density at radius 3 is 2.77 bits per heavy atom. The van der Waals surface area contributed by atoms with Crippen molar-refractivity contribution in [2.24, 2.45) is 18.4 Å². The Kier molecular flexibility index (Phi) is 5.35. The molecule has 3 aliphatic rings. The van der Waals surface area contributed by atoms with Crippen LogP contribution >= 0.6 is 0 Å². The molecule has 3 heterocycles. The minimum atomic E-state index is 0.154. The van der Waals surface area contributed by atoms with Crippen molar-refractivity contribution in [2.75, 3.05) is 32.7 Å². The molecule has 5 nitrogen and oxygen atoms in total. The summed E-state index contributed by atoms with van der Waals surface area (Å²) in [6.07, 6.45) is 14.1. The number of hydrogen-bond donors (Lipinski definition) is 0. The second kappa shape index (κ2) is 7.71. The second-order valence-electron chi connectivity index (χ2n) is 8.99. The zero-order valence-electron chi connectivity index (χ0n) is 16.3. The fourth-order valence-corrected chi connectivity index (χ4v) is 5.53. The molecule has 2 saturated heterocycles. The van der Waals surface area contributed by atoms with Crippen LogP contribution in [0.15, 0.2) is 12.3 Å². The van der Waals surface area contributed by atoms with Crippen LogP contribution in [0.25, 0.3) is 0 Å². The summed E-state index contributed by atoms with van der Waals surface area (Å²) >= 11 is 0. The standard InChI is InChI=1S/C21H34N4O/c1-23-19(8-12-22-23)20(26)25-15-11-21(17-25)10-5-13-24(16-21)14-9-18-6-3-2-4-7-18/h8,12,18H,2-7,9-11,13-17H2,1H3/t21-/m1/s1. The first-order valence-electron chi connectivity index (χ1n) is 10.6. The van der Waals surface area contributed by atoms with Gasteiger partial charge in [-0.15, -0.1) is 0 Å². The third-order valence-corrected chi connectivity index (χ3v) is 7.08. The van der Waals surface area contributed by atoms with Crippen molar-refractivity contribution < 1.29 is 4.79 Å². The molecular weight excluding hydrogens is 324 g/mol. The molecule has 1 aromatic rings. The molecule has 0 bridgehead atoms. The fraction of sp³-hybridized carbons (Fsp3) is 0.810. The summed E-state index contributed by atoms with van der Waals surface area (Å²) in [4.78, 5) is 17.6. The maximum Gasteiger partial charge on any atom is 0.272 e. The summed E-state index contributed by atoms with van der Waals surface area (Å²) in [6.45, 7) is 5.54. The van der Waals surface area contributed by atoms with E-state index >= 15 is 0 Å². The minimum absolute atomic E-state index is 0.154. The molecule has 4 rings (SSSR count). The van der Waals surface area contributed by atoms with E-state index in [0.717, 1.165) is 25.4 Å². The lowest BCUT2D eigenvalue weighted by Crippen LogP contribution is -2.46. The molecule has 1 saturated carbocycles. The zero-order valence-corrected chi connectivity index (χ0v) is 16.3. The van der Waals surface area contributed by atoms with Crippen LogP contribution < -0.4 is 0 Å². The van der Waals surface area contributed by atoms with Crippen molar-refractivity contribution in [1.29, 1.82) is 0 Å². The van der Waals surface area contributed by atoms with E-state index in [-0.39, 0.29) is 5.91 Å². The van der Waals surface area contributed by atoms with E-state index in [1.54, 1.807) is 10.9 Å². The molecule has 1 aliphatic carbocycles. The van der Waals surface area contributed by atoms with Crippen molar-refractivity contribution in [1.82, 2.24) is 19.6 Å². The van der Waals surface area contributed by atoms with Crippen LogP contribution in [0.3, 0.4) is 0 Å². The van der Waals surface area contributed by atoms with Gasteiger partial charge in [-0.1, -0.05) is 32.1 Å². The normalized spacial score (nSPS) is 28.1. The van der Waals surface area contributed by atoms with E-state index in [2.05, 4.69) is 14.9 Å². The van der Waals surface area contributed by atoms with Gasteiger partial charge in [-0.05, 0) is 50.8 Å². The predicted octanol–water partition coefficient (Wildman–Crippen LogP) is 3.32. The summed E-state index contributed by atoms with van der Waals surface area (Å²) in [5.74, 6) is 1.12. The second-order valence-corrected chi connectivity index (χ2v) is 8.99. The highest BCUT2D eigenvalue weighted by Crippen LogP contribution is 2.39. The number of carbonyl (C=O) groups excluding carboxylic acids is 1. The van der Waals surface area contributed by atoms with E-state index in [1.165, 1.54) is 71.0 Å². The SMILES string of the molecule is Cn1nccc1C(=O)N1CC[C@@]2(CCCN(CCC3CCCCC3)C2)C1. The van der Waals surface area contributed by atoms with E-state index < -0.39 is 0 Å². The largest absolute Gasteiger partial charge is 0.337 e. The Hall–Kier alpha value is -1.36. The van der Waals surface area contributed by atoms with Crippen LogP contribution in [-0.2, 0) is 7.05 Å². The third-order valence-electron chi connectivity index (χ3n) is 7.08. The number of hydrogen-bond acceptors (Lipinski definition) is 3. The summed E-state index contributed by atoms with van der Waals surface area (Å²) in [7, 11) is 1.85. The van der Waals surface area contributed by atoms with E-state index in [1.807, 2.05) is 13.1 Å². The quantitative estimate of drug-likeness (QED) is 0.829. The van der Waals surface area contributed by atoms with Crippen molar-refractivity contribution in [3.05, 3.63) is 18.0 Å². The van der Waals surface area contributed by atoms with Gasteiger partial charge >= 0.3 is 0 Å². The van der Waals surface area contributed by atoms with Gasteiger partial charge < -0.3 is 9.80 Å². The lowest BCUT2D eigenvalue weighted by molar-refractivity contribution is 0.0666. The molecule has 144 valence electrons. The van der Waals surface area contributed by atoms with Gasteiger partial charge in [0, 0.05) is 38.3 Å². The van der Waals surface area contributed by atoms with E-state index in [4.69, 9.17) is 0 Å². The van der Waals surface area contributed by atoms with Crippen LogP contribution in [0.2, 0.25) is 0 Å². The van der Waals surface area contributed by atoms with Gasteiger partial charge in [0.2, 0.25) is 0 Å². The first-order chi connectivity index (χ1) is 12.7. The number of likely N-dealkylation sites (tertiary alicyclic amines) is 2. The highest BCUT2D eigenvalue weighted by Gasteiger charge is 2.43. The first-order valence-corrected chi connectivity index (χ1v) is 10.6. The number of carbonyl (C=O) groups is 1. The molecule has 0 unspecified atom stereocenters. The highest BCUT2D eigenvalue weighted by atomic mass is 16.2. The molecule has 0 radical (unpaired) electrons. The fourth-order valence-electron chi connectivity index (χ4n) is 5.53.